The van der Waals surface area contributed by atoms with Crippen molar-refractivity contribution in [3.05, 3.63) is 90.1 Å². The van der Waals surface area contributed by atoms with Crippen LogP contribution in [-0.2, 0) is 6.42 Å². The largest absolute Gasteiger partial charge is 0.497 e. The molecule has 1 aliphatic heterocycles. The number of methoxy groups -OCH3 is 1. The molecular weight excluding hydrogens is 436 g/mol. The standard InChI is InChI=1S/C29H30N4O2/c1-21-18-26(35-2)15-16-27(21)23-11-13-24(14-12-23)28-20-33(31-30-28)29(34)32-17-7-6-10-25(32)19-22-8-4-3-5-9-22/h3-5,8-9,11-16,18,20,25H,6-7,10,17,19H2,1-2H3. The van der Waals surface area contributed by atoms with Crippen LogP contribution in [0.25, 0.3) is 22.4 Å². The van der Waals surface area contributed by atoms with E-state index in [0.717, 1.165) is 60.2 Å². The number of carbonyl (C=O) groups excluding carboxylic acids is 1. The van der Waals surface area contributed by atoms with Crippen molar-refractivity contribution in [1.82, 2.24) is 19.9 Å². The Labute approximate surface area is 206 Å². The van der Waals surface area contributed by atoms with Crippen molar-refractivity contribution in [2.24, 2.45) is 0 Å². The predicted octanol–water partition coefficient (Wildman–Crippen LogP) is 5.99. The van der Waals surface area contributed by atoms with Gasteiger partial charge in [0.25, 0.3) is 0 Å². The fourth-order valence-corrected chi connectivity index (χ4v) is 4.88. The topological polar surface area (TPSA) is 60.2 Å². The van der Waals surface area contributed by atoms with Gasteiger partial charge in [0.1, 0.15) is 11.4 Å². The van der Waals surface area contributed by atoms with Gasteiger partial charge in [-0.05, 0) is 67.0 Å². The number of likely N-dealkylation sites (tertiary alicyclic amines) is 1. The van der Waals surface area contributed by atoms with E-state index in [2.05, 4.69) is 59.7 Å². The van der Waals surface area contributed by atoms with E-state index in [0.29, 0.717) is 5.69 Å². The van der Waals surface area contributed by atoms with Crippen LogP contribution in [0.3, 0.4) is 0 Å². The van der Waals surface area contributed by atoms with Crippen molar-refractivity contribution >= 4 is 6.03 Å². The maximum absolute atomic E-state index is 13.4. The van der Waals surface area contributed by atoms with Gasteiger partial charge in [-0.15, -0.1) is 5.10 Å². The van der Waals surface area contributed by atoms with Gasteiger partial charge in [-0.1, -0.05) is 65.9 Å². The summed E-state index contributed by atoms with van der Waals surface area (Å²) >= 11 is 0. The van der Waals surface area contributed by atoms with Crippen LogP contribution in [-0.4, -0.2) is 45.6 Å². The van der Waals surface area contributed by atoms with E-state index in [9.17, 15) is 4.79 Å². The Hall–Kier alpha value is -3.93. The molecule has 0 aliphatic carbocycles. The third-order valence-electron chi connectivity index (χ3n) is 6.80. The van der Waals surface area contributed by atoms with E-state index in [-0.39, 0.29) is 12.1 Å². The van der Waals surface area contributed by atoms with Gasteiger partial charge < -0.3 is 9.64 Å². The molecule has 0 N–H and O–H groups in total. The van der Waals surface area contributed by atoms with Crippen LogP contribution < -0.4 is 4.74 Å². The highest BCUT2D eigenvalue weighted by Gasteiger charge is 2.28. The summed E-state index contributed by atoms with van der Waals surface area (Å²) in [5, 5.41) is 8.49. The quantitative estimate of drug-likeness (QED) is 0.362. The van der Waals surface area contributed by atoms with Gasteiger partial charge in [-0.3, -0.25) is 0 Å². The van der Waals surface area contributed by atoms with Crippen LogP contribution in [0.2, 0.25) is 0 Å². The number of benzene rings is 3. The Bertz CT molecular complexity index is 1300. The molecule has 1 saturated heterocycles. The van der Waals surface area contributed by atoms with E-state index >= 15 is 0 Å². The van der Waals surface area contributed by atoms with Crippen LogP contribution in [0, 0.1) is 6.92 Å². The van der Waals surface area contributed by atoms with Gasteiger partial charge in [0.15, 0.2) is 0 Å². The second-order valence-electron chi connectivity index (χ2n) is 9.12. The molecule has 1 amide bonds. The minimum absolute atomic E-state index is 0.102. The van der Waals surface area contributed by atoms with Crippen LogP contribution in [0.5, 0.6) is 5.75 Å². The van der Waals surface area contributed by atoms with Crippen molar-refractivity contribution < 1.29 is 9.53 Å². The lowest BCUT2D eigenvalue weighted by molar-refractivity contribution is 0.149. The van der Waals surface area contributed by atoms with E-state index in [1.165, 1.54) is 10.2 Å². The van der Waals surface area contributed by atoms with Gasteiger partial charge in [-0.2, -0.15) is 4.68 Å². The lowest BCUT2D eigenvalue weighted by Crippen LogP contribution is -2.46. The number of rotatable bonds is 5. The molecule has 1 aliphatic rings. The van der Waals surface area contributed by atoms with E-state index in [1.807, 2.05) is 35.2 Å². The van der Waals surface area contributed by atoms with Crippen molar-refractivity contribution in [3.8, 4) is 28.1 Å². The number of nitrogens with zero attached hydrogens (tertiary/aromatic N) is 4. The number of hydrogen-bond donors (Lipinski definition) is 0. The molecule has 178 valence electrons. The summed E-state index contributed by atoms with van der Waals surface area (Å²) in [5.41, 5.74) is 6.30. The fourth-order valence-electron chi connectivity index (χ4n) is 4.88. The molecule has 35 heavy (non-hydrogen) atoms. The van der Waals surface area contributed by atoms with Gasteiger partial charge >= 0.3 is 6.03 Å². The van der Waals surface area contributed by atoms with Crippen LogP contribution in [0.1, 0.15) is 30.4 Å². The lowest BCUT2D eigenvalue weighted by Gasteiger charge is -2.35. The first kappa shape index (κ1) is 22.8. The van der Waals surface area contributed by atoms with Gasteiger partial charge in [0.2, 0.25) is 0 Å². The molecule has 3 aromatic carbocycles. The fraction of sp³-hybridized carbons (Fsp3) is 0.276. The summed E-state index contributed by atoms with van der Waals surface area (Å²) in [6.07, 6.45) is 5.77. The Balaban J connectivity index is 1.32. The average molecular weight is 467 g/mol. The Morgan fingerprint density at radius 2 is 1.77 bits per heavy atom. The molecule has 0 radical (unpaired) electrons. The summed E-state index contributed by atoms with van der Waals surface area (Å²) in [5.74, 6) is 0.851. The summed E-state index contributed by atoms with van der Waals surface area (Å²) in [6, 6.07) is 24.7. The van der Waals surface area contributed by atoms with Crippen LogP contribution in [0.4, 0.5) is 4.79 Å². The number of aryl methyl sites for hydroxylation is 1. The van der Waals surface area contributed by atoms with E-state index < -0.39 is 0 Å². The monoisotopic (exact) mass is 466 g/mol. The Morgan fingerprint density at radius 3 is 2.51 bits per heavy atom. The zero-order valence-corrected chi connectivity index (χ0v) is 20.2. The molecule has 1 fully saturated rings. The Kier molecular flexibility index (Phi) is 6.62. The van der Waals surface area contributed by atoms with Crippen molar-refractivity contribution in [2.45, 2.75) is 38.6 Å². The second-order valence-corrected chi connectivity index (χ2v) is 9.12. The summed E-state index contributed by atoms with van der Waals surface area (Å²) in [6.45, 7) is 2.83. The summed E-state index contributed by atoms with van der Waals surface area (Å²) in [7, 11) is 1.68. The maximum Gasteiger partial charge on any atom is 0.346 e. The second kappa shape index (κ2) is 10.1. The molecule has 1 atom stereocenters. The summed E-state index contributed by atoms with van der Waals surface area (Å²) < 4.78 is 6.70. The number of carbonyl (C=O) groups is 1. The van der Waals surface area contributed by atoms with Gasteiger partial charge in [0, 0.05) is 18.2 Å². The molecule has 2 heterocycles. The molecule has 6 nitrogen and oxygen atoms in total. The predicted molar refractivity (Wildman–Crippen MR) is 137 cm³/mol. The molecule has 6 heteroatoms. The van der Waals surface area contributed by atoms with Gasteiger partial charge in [0.05, 0.1) is 13.3 Å². The molecular formula is C29H30N4O2. The molecule has 0 bridgehead atoms. The lowest BCUT2D eigenvalue weighted by atomic mass is 9.96. The number of piperidine rings is 1. The molecule has 1 unspecified atom stereocenters. The normalized spacial score (nSPS) is 15.7. The number of aromatic nitrogens is 3. The van der Waals surface area contributed by atoms with Crippen LogP contribution in [0.15, 0.2) is 79.0 Å². The average Bonchev–Trinajstić information content (AvgIpc) is 3.40. The number of ether oxygens (including phenoxy) is 1. The van der Waals surface area contributed by atoms with Crippen LogP contribution >= 0.6 is 0 Å². The number of amides is 1. The SMILES string of the molecule is COc1ccc(-c2ccc(-c3cn(C(=O)N4CCCCC4Cc4ccccc4)nn3)cc2)c(C)c1. The first-order chi connectivity index (χ1) is 17.1. The molecule has 4 aromatic rings. The minimum atomic E-state index is -0.102. The summed E-state index contributed by atoms with van der Waals surface area (Å²) in [4.78, 5) is 15.3. The van der Waals surface area contributed by atoms with Crippen molar-refractivity contribution in [2.75, 3.05) is 13.7 Å². The minimum Gasteiger partial charge on any atom is -0.497 e. The highest BCUT2D eigenvalue weighted by Crippen LogP contribution is 2.29. The van der Waals surface area contributed by atoms with Crippen molar-refractivity contribution in [3.63, 3.8) is 0 Å². The third kappa shape index (κ3) is 4.97. The van der Waals surface area contributed by atoms with E-state index in [1.54, 1.807) is 13.3 Å². The van der Waals surface area contributed by atoms with Gasteiger partial charge in [-0.25, -0.2) is 4.79 Å². The number of hydrogen-bond acceptors (Lipinski definition) is 4. The highest BCUT2D eigenvalue weighted by molar-refractivity contribution is 5.78. The maximum atomic E-state index is 13.4. The molecule has 1 aromatic heterocycles. The molecule has 5 rings (SSSR count). The first-order valence-corrected chi connectivity index (χ1v) is 12.1. The first-order valence-electron chi connectivity index (χ1n) is 12.1. The third-order valence-corrected chi connectivity index (χ3v) is 6.80. The molecule has 0 saturated carbocycles. The smallest absolute Gasteiger partial charge is 0.346 e. The van der Waals surface area contributed by atoms with E-state index in [4.69, 9.17) is 4.74 Å². The zero-order valence-electron chi connectivity index (χ0n) is 20.2. The Morgan fingerprint density at radius 1 is 1.00 bits per heavy atom. The zero-order chi connectivity index (χ0) is 24.2. The van der Waals surface area contributed by atoms with Crippen molar-refractivity contribution in [1.29, 1.82) is 0 Å². The molecule has 0 spiro atoms. The highest BCUT2D eigenvalue weighted by atomic mass is 16.5.